The average molecular weight is 484 g/mol. The molecule has 36 heavy (non-hydrogen) atoms. The van der Waals surface area contributed by atoms with Gasteiger partial charge in [-0.05, 0) is 73.4 Å². The van der Waals surface area contributed by atoms with E-state index in [1.54, 1.807) is 53.9 Å². The van der Waals surface area contributed by atoms with E-state index < -0.39 is 0 Å². The Bertz CT molecular complexity index is 1510. The van der Waals surface area contributed by atoms with Gasteiger partial charge < -0.3 is 9.47 Å². The number of carbonyl (C=O) groups excluding carboxylic acids is 1. The summed E-state index contributed by atoms with van der Waals surface area (Å²) in [6, 6.07) is 12.0. The second-order valence-electron chi connectivity index (χ2n) is 9.16. The fraction of sp³-hybridized carbons (Fsp3) is 0.250. The number of pyridine rings is 2. The summed E-state index contributed by atoms with van der Waals surface area (Å²) < 4.78 is 15.7. The molecule has 0 unspecified atom stereocenters. The maximum atomic E-state index is 14.0. The highest BCUT2D eigenvalue weighted by Crippen LogP contribution is 2.26. The summed E-state index contributed by atoms with van der Waals surface area (Å²) >= 11 is 0. The number of halogens is 1. The summed E-state index contributed by atoms with van der Waals surface area (Å²) in [5.74, 6) is 0.0630. The first-order valence-electron chi connectivity index (χ1n) is 11.8. The number of nitrogens with zero attached hydrogens (tertiary/aromatic N) is 5. The van der Waals surface area contributed by atoms with Gasteiger partial charge in [-0.2, -0.15) is 0 Å². The van der Waals surface area contributed by atoms with E-state index in [-0.39, 0.29) is 17.3 Å². The van der Waals surface area contributed by atoms with Crippen LogP contribution < -0.4 is 5.56 Å². The highest BCUT2D eigenvalue weighted by molar-refractivity contribution is 5.92. The summed E-state index contributed by atoms with van der Waals surface area (Å²) in [4.78, 5) is 41.6. The van der Waals surface area contributed by atoms with Crippen molar-refractivity contribution >= 4 is 5.91 Å². The molecule has 1 amide bonds. The Morgan fingerprint density at radius 3 is 2.64 bits per heavy atom. The Morgan fingerprint density at radius 1 is 1.08 bits per heavy atom. The molecule has 1 aromatic carbocycles. The first-order valence-corrected chi connectivity index (χ1v) is 11.8. The third kappa shape index (κ3) is 4.54. The SMILES string of the molecule is Cc1cc(C(=O)N2CCc3c(cc(-c4ccc(F)c(C)c4)c(=O)n3Cc3cccnc3)C2)nc(C)n1. The van der Waals surface area contributed by atoms with Gasteiger partial charge in [0.15, 0.2) is 0 Å². The molecular formula is C28H26FN5O2. The van der Waals surface area contributed by atoms with Gasteiger partial charge in [-0.1, -0.05) is 12.1 Å². The van der Waals surface area contributed by atoms with E-state index in [0.29, 0.717) is 54.3 Å². The Morgan fingerprint density at radius 2 is 1.92 bits per heavy atom. The van der Waals surface area contributed by atoms with Crippen molar-refractivity contribution in [2.45, 2.75) is 40.3 Å². The van der Waals surface area contributed by atoms with Gasteiger partial charge in [0, 0.05) is 48.9 Å². The second-order valence-corrected chi connectivity index (χ2v) is 9.16. The van der Waals surface area contributed by atoms with E-state index in [4.69, 9.17) is 0 Å². The molecular weight excluding hydrogens is 457 g/mol. The maximum absolute atomic E-state index is 14.0. The number of carbonyl (C=O) groups is 1. The molecule has 1 aliphatic heterocycles. The van der Waals surface area contributed by atoms with Gasteiger partial charge in [0.25, 0.3) is 11.5 Å². The summed E-state index contributed by atoms with van der Waals surface area (Å²) in [5.41, 5.74) is 5.22. The van der Waals surface area contributed by atoms with Crippen LogP contribution in [0.1, 0.15) is 44.4 Å². The number of hydrogen-bond acceptors (Lipinski definition) is 5. The van der Waals surface area contributed by atoms with Gasteiger partial charge in [0.1, 0.15) is 17.3 Å². The van der Waals surface area contributed by atoms with Crippen molar-refractivity contribution in [3.63, 3.8) is 0 Å². The fourth-order valence-electron chi connectivity index (χ4n) is 4.74. The molecule has 0 atom stereocenters. The molecule has 7 nitrogen and oxygen atoms in total. The number of benzene rings is 1. The van der Waals surface area contributed by atoms with Gasteiger partial charge in [-0.15, -0.1) is 0 Å². The number of aromatic nitrogens is 4. The molecule has 5 rings (SSSR count). The number of rotatable bonds is 4. The van der Waals surface area contributed by atoms with E-state index >= 15 is 0 Å². The first kappa shape index (κ1) is 23.5. The number of hydrogen-bond donors (Lipinski definition) is 0. The van der Waals surface area contributed by atoms with Gasteiger partial charge in [0.05, 0.1) is 6.54 Å². The Hall–Kier alpha value is -4.20. The first-order chi connectivity index (χ1) is 17.3. The zero-order chi connectivity index (χ0) is 25.4. The van der Waals surface area contributed by atoms with Gasteiger partial charge in [0.2, 0.25) is 0 Å². The second kappa shape index (κ2) is 9.45. The fourth-order valence-corrected chi connectivity index (χ4v) is 4.74. The van der Waals surface area contributed by atoms with Crippen LogP contribution in [0.2, 0.25) is 0 Å². The van der Waals surface area contributed by atoms with Crippen molar-refractivity contribution in [3.8, 4) is 11.1 Å². The average Bonchev–Trinajstić information content (AvgIpc) is 2.86. The largest absolute Gasteiger partial charge is 0.333 e. The minimum atomic E-state index is -0.320. The lowest BCUT2D eigenvalue weighted by molar-refractivity contribution is 0.0725. The third-order valence-corrected chi connectivity index (χ3v) is 6.48. The molecule has 0 aliphatic carbocycles. The standard InChI is InChI=1S/C28H26FN5O2/c1-17-11-21(6-7-24(17)29)23-13-22-16-33(28(36)25-12-18(2)31-19(3)32-25)10-8-26(22)34(27(23)35)15-20-5-4-9-30-14-20/h4-7,9,11-14H,8,10,15-16H2,1-3H3. The lowest BCUT2D eigenvalue weighted by Gasteiger charge is -2.31. The molecule has 4 heterocycles. The monoisotopic (exact) mass is 483 g/mol. The summed E-state index contributed by atoms with van der Waals surface area (Å²) in [7, 11) is 0. The zero-order valence-electron chi connectivity index (χ0n) is 20.5. The molecule has 0 saturated heterocycles. The van der Waals surface area contributed by atoms with Crippen LogP contribution in [-0.4, -0.2) is 36.9 Å². The molecule has 3 aromatic heterocycles. The van der Waals surface area contributed by atoms with E-state index in [2.05, 4.69) is 15.0 Å². The van der Waals surface area contributed by atoms with Crippen LogP contribution in [-0.2, 0) is 19.5 Å². The minimum absolute atomic E-state index is 0.148. The summed E-state index contributed by atoms with van der Waals surface area (Å²) in [5, 5.41) is 0. The molecule has 0 spiro atoms. The summed E-state index contributed by atoms with van der Waals surface area (Å²) in [6.07, 6.45) is 3.97. The van der Waals surface area contributed by atoms with Crippen molar-refractivity contribution in [2.75, 3.05) is 6.54 Å². The van der Waals surface area contributed by atoms with Crippen molar-refractivity contribution in [1.82, 2.24) is 24.4 Å². The Kier molecular flexibility index (Phi) is 6.18. The van der Waals surface area contributed by atoms with Crippen molar-refractivity contribution in [1.29, 1.82) is 0 Å². The van der Waals surface area contributed by atoms with Gasteiger partial charge in [-0.25, -0.2) is 14.4 Å². The highest BCUT2D eigenvalue weighted by Gasteiger charge is 2.27. The number of amides is 1. The molecule has 0 bridgehead atoms. The van der Waals surface area contributed by atoms with Crippen LogP contribution >= 0.6 is 0 Å². The summed E-state index contributed by atoms with van der Waals surface area (Å²) in [6.45, 7) is 6.46. The molecule has 8 heteroatoms. The quantitative estimate of drug-likeness (QED) is 0.438. The van der Waals surface area contributed by atoms with Gasteiger partial charge in [-0.3, -0.25) is 14.6 Å². The predicted octanol–water partition coefficient (Wildman–Crippen LogP) is 4.01. The van der Waals surface area contributed by atoms with E-state index in [1.165, 1.54) is 6.07 Å². The molecule has 0 fully saturated rings. The van der Waals surface area contributed by atoms with Crippen molar-refractivity contribution < 1.29 is 9.18 Å². The third-order valence-electron chi connectivity index (χ3n) is 6.48. The Labute approximate surface area is 208 Å². The van der Waals surface area contributed by atoms with Gasteiger partial charge >= 0.3 is 0 Å². The smallest absolute Gasteiger partial charge is 0.272 e. The molecule has 4 aromatic rings. The number of aryl methyl sites for hydroxylation is 3. The van der Waals surface area contributed by atoms with E-state index in [9.17, 15) is 14.0 Å². The van der Waals surface area contributed by atoms with Crippen LogP contribution in [0.25, 0.3) is 11.1 Å². The van der Waals surface area contributed by atoms with Crippen molar-refractivity contribution in [2.24, 2.45) is 0 Å². The molecule has 0 saturated carbocycles. The minimum Gasteiger partial charge on any atom is -0.333 e. The van der Waals surface area contributed by atoms with Crippen LogP contribution in [0.5, 0.6) is 0 Å². The Balaban J connectivity index is 1.59. The predicted molar refractivity (Wildman–Crippen MR) is 134 cm³/mol. The number of fused-ring (bicyclic) bond motifs is 1. The molecule has 1 aliphatic rings. The van der Waals surface area contributed by atoms with Crippen LogP contribution in [0.15, 0.2) is 59.7 Å². The van der Waals surface area contributed by atoms with E-state index in [1.807, 2.05) is 25.1 Å². The van der Waals surface area contributed by atoms with Crippen molar-refractivity contribution in [3.05, 3.63) is 111 Å². The lowest BCUT2D eigenvalue weighted by atomic mass is 9.97. The van der Waals surface area contributed by atoms with Crippen LogP contribution in [0, 0.1) is 26.6 Å². The topological polar surface area (TPSA) is 81.0 Å². The van der Waals surface area contributed by atoms with Crippen LogP contribution in [0.4, 0.5) is 4.39 Å². The molecule has 0 N–H and O–H groups in total. The van der Waals surface area contributed by atoms with E-state index in [0.717, 1.165) is 22.5 Å². The molecule has 0 radical (unpaired) electrons. The van der Waals surface area contributed by atoms with Crippen LogP contribution in [0.3, 0.4) is 0 Å². The lowest BCUT2D eigenvalue weighted by Crippen LogP contribution is -2.40. The highest BCUT2D eigenvalue weighted by atomic mass is 19.1. The molecule has 182 valence electrons. The maximum Gasteiger partial charge on any atom is 0.272 e. The zero-order valence-corrected chi connectivity index (χ0v) is 20.5. The normalized spacial score (nSPS) is 12.9.